The van der Waals surface area contributed by atoms with E-state index in [-0.39, 0.29) is 11.0 Å². The van der Waals surface area contributed by atoms with Crippen molar-refractivity contribution in [2.24, 2.45) is 5.41 Å². The molecule has 0 aromatic heterocycles. The standard InChI is InChI=1S/C9H16O2/c1-11-9-4-2-8(6-9,7-10)3-5-9/h10H,2-7H2,1H3. The molecule has 0 aromatic carbocycles. The largest absolute Gasteiger partial charge is 0.396 e. The van der Waals surface area contributed by atoms with Crippen molar-refractivity contribution < 1.29 is 9.84 Å². The maximum Gasteiger partial charge on any atom is 0.0685 e. The molecule has 2 heteroatoms. The van der Waals surface area contributed by atoms with Gasteiger partial charge in [-0.1, -0.05) is 0 Å². The van der Waals surface area contributed by atoms with Crippen LogP contribution in [0.2, 0.25) is 0 Å². The number of methoxy groups -OCH3 is 1. The molecule has 64 valence electrons. The maximum atomic E-state index is 9.20. The molecule has 0 heterocycles. The second-order valence-corrected chi connectivity index (χ2v) is 4.22. The Hall–Kier alpha value is -0.0800. The van der Waals surface area contributed by atoms with Crippen molar-refractivity contribution in [1.82, 2.24) is 0 Å². The van der Waals surface area contributed by atoms with E-state index < -0.39 is 0 Å². The van der Waals surface area contributed by atoms with Crippen LogP contribution in [0.5, 0.6) is 0 Å². The molecule has 2 saturated carbocycles. The molecular formula is C9H16O2. The fraction of sp³-hybridized carbons (Fsp3) is 1.00. The molecule has 1 N–H and O–H groups in total. The van der Waals surface area contributed by atoms with E-state index in [1.807, 2.05) is 0 Å². The van der Waals surface area contributed by atoms with Gasteiger partial charge < -0.3 is 9.84 Å². The van der Waals surface area contributed by atoms with Crippen molar-refractivity contribution in [1.29, 1.82) is 0 Å². The van der Waals surface area contributed by atoms with Gasteiger partial charge in [-0.15, -0.1) is 0 Å². The summed E-state index contributed by atoms with van der Waals surface area (Å²) >= 11 is 0. The number of hydrogen-bond acceptors (Lipinski definition) is 2. The summed E-state index contributed by atoms with van der Waals surface area (Å²) in [6, 6.07) is 0. The Balaban J connectivity index is 2.15. The molecule has 2 aliphatic rings. The molecule has 0 spiro atoms. The van der Waals surface area contributed by atoms with Gasteiger partial charge in [-0.3, -0.25) is 0 Å². The average molecular weight is 156 g/mol. The van der Waals surface area contributed by atoms with Gasteiger partial charge in [0.1, 0.15) is 0 Å². The van der Waals surface area contributed by atoms with Crippen LogP contribution in [0.3, 0.4) is 0 Å². The zero-order chi connectivity index (χ0) is 7.95. The third-order valence-electron chi connectivity index (χ3n) is 3.69. The Kier molecular flexibility index (Phi) is 1.52. The monoisotopic (exact) mass is 156 g/mol. The topological polar surface area (TPSA) is 29.5 Å². The first-order valence-corrected chi connectivity index (χ1v) is 4.40. The zero-order valence-corrected chi connectivity index (χ0v) is 7.10. The molecule has 0 aliphatic heterocycles. The number of hydrogen-bond donors (Lipinski definition) is 1. The maximum absolute atomic E-state index is 9.20. The lowest BCUT2D eigenvalue weighted by molar-refractivity contribution is -0.000433. The van der Waals surface area contributed by atoms with E-state index in [0.717, 1.165) is 32.1 Å². The third kappa shape index (κ3) is 0.926. The number of fused-ring (bicyclic) bond motifs is 2. The quantitative estimate of drug-likeness (QED) is 0.653. The Morgan fingerprint density at radius 2 is 1.91 bits per heavy atom. The van der Waals surface area contributed by atoms with Crippen molar-refractivity contribution in [3.8, 4) is 0 Å². The lowest BCUT2D eigenvalue weighted by Crippen LogP contribution is -2.24. The Morgan fingerprint density at radius 1 is 1.27 bits per heavy atom. The molecule has 11 heavy (non-hydrogen) atoms. The summed E-state index contributed by atoms with van der Waals surface area (Å²) in [6.07, 6.45) is 5.73. The molecule has 2 rings (SSSR count). The van der Waals surface area contributed by atoms with E-state index in [0.29, 0.717) is 6.61 Å². The molecule has 0 radical (unpaired) electrons. The molecule has 2 nitrogen and oxygen atoms in total. The van der Waals surface area contributed by atoms with Crippen molar-refractivity contribution >= 4 is 0 Å². The SMILES string of the molecule is COC12CCC(CO)(CC1)C2. The molecule has 2 aliphatic carbocycles. The molecule has 0 amide bonds. The highest BCUT2D eigenvalue weighted by Crippen LogP contribution is 2.57. The van der Waals surface area contributed by atoms with E-state index in [4.69, 9.17) is 4.74 Å². The van der Waals surface area contributed by atoms with Gasteiger partial charge in [0.15, 0.2) is 0 Å². The van der Waals surface area contributed by atoms with Crippen LogP contribution < -0.4 is 0 Å². The van der Waals surface area contributed by atoms with Crippen LogP contribution in [0, 0.1) is 5.41 Å². The molecule has 2 fully saturated rings. The Labute approximate surface area is 67.6 Å². The van der Waals surface area contributed by atoms with Crippen LogP contribution in [0.1, 0.15) is 32.1 Å². The lowest BCUT2D eigenvalue weighted by atomic mass is 9.85. The normalized spacial score (nSPS) is 48.5. The second-order valence-electron chi connectivity index (χ2n) is 4.22. The summed E-state index contributed by atoms with van der Waals surface area (Å²) < 4.78 is 5.51. The van der Waals surface area contributed by atoms with E-state index in [1.165, 1.54) is 0 Å². The summed E-state index contributed by atoms with van der Waals surface area (Å²) in [4.78, 5) is 0. The van der Waals surface area contributed by atoms with Gasteiger partial charge in [-0.25, -0.2) is 0 Å². The molecule has 0 atom stereocenters. The van der Waals surface area contributed by atoms with Crippen LogP contribution in [-0.2, 0) is 4.74 Å². The predicted octanol–water partition coefficient (Wildman–Crippen LogP) is 1.33. The summed E-state index contributed by atoms with van der Waals surface area (Å²) in [5.41, 5.74) is 0.402. The third-order valence-corrected chi connectivity index (χ3v) is 3.69. The highest BCUT2D eigenvalue weighted by molar-refractivity contribution is 5.05. The molecule has 0 saturated heterocycles. The van der Waals surface area contributed by atoms with Gasteiger partial charge in [0, 0.05) is 13.7 Å². The summed E-state index contributed by atoms with van der Waals surface area (Å²) in [5, 5.41) is 9.20. The minimum absolute atomic E-state index is 0.155. The van der Waals surface area contributed by atoms with Gasteiger partial charge in [0.2, 0.25) is 0 Å². The smallest absolute Gasteiger partial charge is 0.0685 e. The van der Waals surface area contributed by atoms with Crippen LogP contribution in [0.4, 0.5) is 0 Å². The molecular weight excluding hydrogens is 140 g/mol. The number of aliphatic hydroxyl groups is 1. The summed E-state index contributed by atoms with van der Waals surface area (Å²) in [6.45, 7) is 0.359. The van der Waals surface area contributed by atoms with Crippen molar-refractivity contribution in [3.63, 3.8) is 0 Å². The first-order valence-electron chi connectivity index (χ1n) is 4.40. The van der Waals surface area contributed by atoms with Crippen molar-refractivity contribution in [2.75, 3.05) is 13.7 Å². The first kappa shape index (κ1) is 7.56. The minimum atomic E-state index is 0.155. The molecule has 0 aromatic rings. The highest BCUT2D eigenvalue weighted by Gasteiger charge is 2.54. The zero-order valence-electron chi connectivity index (χ0n) is 7.10. The fourth-order valence-electron chi connectivity index (χ4n) is 2.76. The highest BCUT2D eigenvalue weighted by atomic mass is 16.5. The van der Waals surface area contributed by atoms with Crippen LogP contribution >= 0.6 is 0 Å². The lowest BCUT2D eigenvalue weighted by Gasteiger charge is -2.25. The van der Waals surface area contributed by atoms with Crippen LogP contribution in [0.25, 0.3) is 0 Å². The van der Waals surface area contributed by atoms with Gasteiger partial charge in [-0.2, -0.15) is 0 Å². The fourth-order valence-corrected chi connectivity index (χ4v) is 2.76. The minimum Gasteiger partial charge on any atom is -0.396 e. The molecule has 2 bridgehead atoms. The van der Waals surface area contributed by atoms with E-state index in [1.54, 1.807) is 7.11 Å². The predicted molar refractivity (Wildman–Crippen MR) is 42.3 cm³/mol. The van der Waals surface area contributed by atoms with E-state index in [9.17, 15) is 5.11 Å². The Morgan fingerprint density at radius 3 is 2.18 bits per heavy atom. The van der Waals surface area contributed by atoms with Gasteiger partial charge in [0.25, 0.3) is 0 Å². The van der Waals surface area contributed by atoms with Crippen LogP contribution in [0.15, 0.2) is 0 Å². The van der Waals surface area contributed by atoms with Gasteiger partial charge in [-0.05, 0) is 37.5 Å². The summed E-state index contributed by atoms with van der Waals surface area (Å²) in [5.74, 6) is 0. The number of ether oxygens (including phenoxy) is 1. The first-order chi connectivity index (χ1) is 5.24. The number of aliphatic hydroxyl groups excluding tert-OH is 1. The van der Waals surface area contributed by atoms with Crippen molar-refractivity contribution in [3.05, 3.63) is 0 Å². The van der Waals surface area contributed by atoms with E-state index in [2.05, 4.69) is 0 Å². The Bertz CT molecular complexity index is 139. The van der Waals surface area contributed by atoms with Crippen LogP contribution in [-0.4, -0.2) is 24.4 Å². The van der Waals surface area contributed by atoms with Crippen molar-refractivity contribution in [2.45, 2.75) is 37.7 Å². The van der Waals surface area contributed by atoms with Gasteiger partial charge in [0.05, 0.1) is 5.60 Å². The van der Waals surface area contributed by atoms with Gasteiger partial charge >= 0.3 is 0 Å². The summed E-state index contributed by atoms with van der Waals surface area (Å²) in [7, 11) is 1.80. The number of rotatable bonds is 2. The second kappa shape index (κ2) is 2.20. The average Bonchev–Trinajstić information content (AvgIpc) is 2.61. The molecule has 0 unspecified atom stereocenters. The van der Waals surface area contributed by atoms with E-state index >= 15 is 0 Å².